The zero-order chi connectivity index (χ0) is 10.3. The number of nitrogens with zero attached hydrogens (tertiary/aromatic N) is 2. The molecule has 0 unspecified atom stereocenters. The summed E-state index contributed by atoms with van der Waals surface area (Å²) in [5.74, 6) is 0.306. The summed E-state index contributed by atoms with van der Waals surface area (Å²) in [4.78, 5) is 0. The summed E-state index contributed by atoms with van der Waals surface area (Å²) in [7, 11) is 0. The highest BCUT2D eigenvalue weighted by Gasteiger charge is 2.10. The van der Waals surface area contributed by atoms with Crippen molar-refractivity contribution in [1.82, 2.24) is 9.78 Å². The van der Waals surface area contributed by atoms with Crippen LogP contribution in [0.2, 0.25) is 0 Å². The van der Waals surface area contributed by atoms with E-state index in [-0.39, 0.29) is 11.9 Å². The van der Waals surface area contributed by atoms with Crippen LogP contribution in [0.25, 0.3) is 10.9 Å². The predicted octanol–water partition coefficient (Wildman–Crippen LogP) is 2.34. The summed E-state index contributed by atoms with van der Waals surface area (Å²) in [5.41, 5.74) is 6.48. The van der Waals surface area contributed by atoms with E-state index in [9.17, 15) is 4.39 Å². The van der Waals surface area contributed by atoms with E-state index in [1.807, 2.05) is 13.8 Å². The average Bonchev–Trinajstić information content (AvgIpc) is 2.43. The van der Waals surface area contributed by atoms with E-state index in [1.54, 1.807) is 10.7 Å². The lowest BCUT2D eigenvalue weighted by Crippen LogP contribution is -2.06. The molecule has 14 heavy (non-hydrogen) atoms. The van der Waals surface area contributed by atoms with Crippen LogP contribution in [0.1, 0.15) is 19.9 Å². The molecule has 74 valence electrons. The lowest BCUT2D eigenvalue weighted by molar-refractivity contribution is 0.545. The molecule has 0 aliphatic rings. The summed E-state index contributed by atoms with van der Waals surface area (Å²) >= 11 is 0. The molecule has 4 heteroatoms. The smallest absolute Gasteiger partial charge is 0.129 e. The standard InChI is InChI=1S/C10H12FN3/c1-6(2)14-10(12)8-4-3-7(11)5-9(8)13-14/h3-6H,12H2,1-2H3. The zero-order valence-corrected chi connectivity index (χ0v) is 8.16. The molecule has 0 amide bonds. The van der Waals surface area contributed by atoms with Gasteiger partial charge in [-0.3, -0.25) is 0 Å². The van der Waals surface area contributed by atoms with E-state index in [4.69, 9.17) is 5.73 Å². The first-order valence-corrected chi connectivity index (χ1v) is 4.53. The molecule has 0 bridgehead atoms. The maximum atomic E-state index is 12.9. The highest BCUT2D eigenvalue weighted by atomic mass is 19.1. The van der Waals surface area contributed by atoms with E-state index in [2.05, 4.69) is 5.10 Å². The van der Waals surface area contributed by atoms with Gasteiger partial charge in [-0.1, -0.05) is 0 Å². The number of halogens is 1. The molecule has 1 aromatic carbocycles. The number of hydrogen-bond donors (Lipinski definition) is 1. The maximum absolute atomic E-state index is 12.9. The molecule has 0 fully saturated rings. The van der Waals surface area contributed by atoms with Crippen molar-refractivity contribution < 1.29 is 4.39 Å². The molecule has 2 rings (SSSR count). The van der Waals surface area contributed by atoms with Gasteiger partial charge in [0.1, 0.15) is 11.6 Å². The number of nitrogens with two attached hydrogens (primary N) is 1. The molecule has 0 atom stereocenters. The SMILES string of the molecule is CC(C)n1nc2cc(F)ccc2c1N. The molecule has 0 spiro atoms. The first kappa shape index (κ1) is 8.99. The fraction of sp³-hybridized carbons (Fsp3) is 0.300. The third-order valence-corrected chi connectivity index (χ3v) is 2.19. The lowest BCUT2D eigenvalue weighted by atomic mass is 10.2. The Bertz CT molecular complexity index is 473. The molecule has 0 saturated heterocycles. The highest BCUT2D eigenvalue weighted by molar-refractivity contribution is 5.88. The Hall–Kier alpha value is -1.58. The summed E-state index contributed by atoms with van der Waals surface area (Å²) in [6.07, 6.45) is 0. The summed E-state index contributed by atoms with van der Waals surface area (Å²) in [5, 5.41) is 5.03. The van der Waals surface area contributed by atoms with Gasteiger partial charge in [-0.05, 0) is 26.0 Å². The van der Waals surface area contributed by atoms with Crippen molar-refractivity contribution in [2.45, 2.75) is 19.9 Å². The van der Waals surface area contributed by atoms with Gasteiger partial charge < -0.3 is 5.73 Å². The van der Waals surface area contributed by atoms with E-state index >= 15 is 0 Å². The summed E-state index contributed by atoms with van der Waals surface area (Å²) in [6, 6.07) is 4.63. The molecule has 1 heterocycles. The average molecular weight is 193 g/mol. The Morgan fingerprint density at radius 2 is 2.14 bits per heavy atom. The fourth-order valence-electron chi connectivity index (χ4n) is 1.49. The Labute approximate surface area is 81.3 Å². The van der Waals surface area contributed by atoms with E-state index in [1.165, 1.54) is 12.1 Å². The van der Waals surface area contributed by atoms with Crippen molar-refractivity contribution >= 4 is 16.7 Å². The number of benzene rings is 1. The van der Waals surface area contributed by atoms with Gasteiger partial charge in [0.2, 0.25) is 0 Å². The van der Waals surface area contributed by atoms with Gasteiger partial charge in [0.25, 0.3) is 0 Å². The number of anilines is 1. The molecule has 3 nitrogen and oxygen atoms in total. The van der Waals surface area contributed by atoms with Gasteiger partial charge in [-0.25, -0.2) is 9.07 Å². The minimum atomic E-state index is -0.286. The Morgan fingerprint density at radius 1 is 1.43 bits per heavy atom. The van der Waals surface area contributed by atoms with Crippen molar-refractivity contribution in [1.29, 1.82) is 0 Å². The van der Waals surface area contributed by atoms with Crippen LogP contribution >= 0.6 is 0 Å². The molecular formula is C10H12FN3. The van der Waals surface area contributed by atoms with Crippen LogP contribution in [0.15, 0.2) is 18.2 Å². The van der Waals surface area contributed by atoms with Gasteiger partial charge in [0.05, 0.1) is 5.52 Å². The summed E-state index contributed by atoms with van der Waals surface area (Å²) in [6.45, 7) is 3.97. The largest absolute Gasteiger partial charge is 0.383 e. The van der Waals surface area contributed by atoms with Gasteiger partial charge in [-0.15, -0.1) is 0 Å². The Kier molecular flexibility index (Phi) is 1.91. The van der Waals surface area contributed by atoms with Crippen LogP contribution in [0, 0.1) is 5.82 Å². The Morgan fingerprint density at radius 3 is 2.79 bits per heavy atom. The van der Waals surface area contributed by atoms with Crippen LogP contribution in [-0.2, 0) is 0 Å². The van der Waals surface area contributed by atoms with Gasteiger partial charge in [-0.2, -0.15) is 5.10 Å². The molecule has 2 N–H and O–H groups in total. The minimum absolute atomic E-state index is 0.186. The van der Waals surface area contributed by atoms with Crippen LogP contribution < -0.4 is 5.73 Å². The third-order valence-electron chi connectivity index (χ3n) is 2.19. The lowest BCUT2D eigenvalue weighted by Gasteiger charge is -2.06. The topological polar surface area (TPSA) is 43.8 Å². The number of fused-ring (bicyclic) bond motifs is 1. The molecule has 0 aliphatic carbocycles. The van der Waals surface area contributed by atoms with Crippen molar-refractivity contribution in [3.63, 3.8) is 0 Å². The highest BCUT2D eigenvalue weighted by Crippen LogP contribution is 2.23. The normalized spacial score (nSPS) is 11.4. The van der Waals surface area contributed by atoms with Gasteiger partial charge in [0.15, 0.2) is 0 Å². The van der Waals surface area contributed by atoms with E-state index in [0.717, 1.165) is 5.39 Å². The quantitative estimate of drug-likeness (QED) is 0.755. The second-order valence-electron chi connectivity index (χ2n) is 3.59. The molecular weight excluding hydrogens is 181 g/mol. The van der Waals surface area contributed by atoms with Crippen molar-refractivity contribution in [2.75, 3.05) is 5.73 Å². The van der Waals surface area contributed by atoms with Crippen LogP contribution in [0.4, 0.5) is 10.2 Å². The van der Waals surface area contributed by atoms with Crippen LogP contribution in [0.3, 0.4) is 0 Å². The first-order valence-electron chi connectivity index (χ1n) is 4.53. The fourth-order valence-corrected chi connectivity index (χ4v) is 1.49. The molecule has 0 saturated carbocycles. The van der Waals surface area contributed by atoms with Crippen molar-refractivity contribution in [3.8, 4) is 0 Å². The summed E-state index contributed by atoms with van der Waals surface area (Å²) < 4.78 is 14.6. The third kappa shape index (κ3) is 1.23. The number of aromatic nitrogens is 2. The Balaban J connectivity index is 2.73. The monoisotopic (exact) mass is 193 g/mol. The van der Waals surface area contributed by atoms with Crippen LogP contribution in [-0.4, -0.2) is 9.78 Å². The second kappa shape index (κ2) is 2.97. The number of rotatable bonds is 1. The maximum Gasteiger partial charge on any atom is 0.129 e. The van der Waals surface area contributed by atoms with Gasteiger partial charge >= 0.3 is 0 Å². The van der Waals surface area contributed by atoms with E-state index in [0.29, 0.717) is 11.3 Å². The number of nitrogen functional groups attached to an aromatic ring is 1. The van der Waals surface area contributed by atoms with E-state index < -0.39 is 0 Å². The number of hydrogen-bond acceptors (Lipinski definition) is 2. The first-order chi connectivity index (χ1) is 6.59. The van der Waals surface area contributed by atoms with Gasteiger partial charge in [0, 0.05) is 17.5 Å². The van der Waals surface area contributed by atoms with Crippen molar-refractivity contribution in [3.05, 3.63) is 24.0 Å². The molecule has 0 radical (unpaired) electrons. The minimum Gasteiger partial charge on any atom is -0.383 e. The molecule has 2 aromatic rings. The second-order valence-corrected chi connectivity index (χ2v) is 3.59. The molecule has 1 aromatic heterocycles. The van der Waals surface area contributed by atoms with Crippen molar-refractivity contribution in [2.24, 2.45) is 0 Å². The molecule has 0 aliphatic heterocycles. The predicted molar refractivity (Wildman–Crippen MR) is 54.5 cm³/mol. The van der Waals surface area contributed by atoms with Crippen LogP contribution in [0.5, 0.6) is 0 Å². The zero-order valence-electron chi connectivity index (χ0n) is 8.16.